The van der Waals surface area contributed by atoms with E-state index in [1.165, 1.54) is 0 Å². The van der Waals surface area contributed by atoms with Crippen molar-refractivity contribution in [2.24, 2.45) is 0 Å². The molecule has 3 aromatic rings. The highest BCUT2D eigenvalue weighted by Gasteiger charge is 2.12. The van der Waals surface area contributed by atoms with Crippen LogP contribution in [-0.2, 0) is 6.54 Å². The van der Waals surface area contributed by atoms with Crippen molar-refractivity contribution in [2.75, 3.05) is 12.8 Å². The van der Waals surface area contributed by atoms with Crippen molar-refractivity contribution in [3.8, 4) is 17.0 Å². The number of anilines is 1. The van der Waals surface area contributed by atoms with Crippen molar-refractivity contribution in [2.45, 2.75) is 6.54 Å². The Labute approximate surface area is 144 Å². The molecule has 2 N–H and O–H groups in total. The molecule has 1 heterocycles. The average molecular weight is 348 g/mol. The summed E-state index contributed by atoms with van der Waals surface area (Å²) in [5, 5.41) is 1.12. The molecule has 1 aromatic heterocycles. The maximum atomic E-state index is 6.24. The summed E-state index contributed by atoms with van der Waals surface area (Å²) in [5.41, 5.74) is 8.56. The van der Waals surface area contributed by atoms with Gasteiger partial charge in [0, 0.05) is 22.3 Å². The standard InChI is InChI=1S/C17H15Cl2N3O/c1-23-16-5-3-2-4-11(16)9-22-10-15(21-17(22)20)13-7-6-12(18)8-14(13)19/h2-8,10H,9H2,1H3,(H2,20,21). The molecule has 0 aliphatic carbocycles. The summed E-state index contributed by atoms with van der Waals surface area (Å²) in [6.45, 7) is 0.564. The van der Waals surface area contributed by atoms with Crippen molar-refractivity contribution in [3.05, 3.63) is 64.3 Å². The van der Waals surface area contributed by atoms with Crippen LogP contribution in [0.4, 0.5) is 5.95 Å². The molecular weight excluding hydrogens is 333 g/mol. The predicted molar refractivity (Wildman–Crippen MR) is 94.2 cm³/mol. The van der Waals surface area contributed by atoms with Crippen molar-refractivity contribution in [3.63, 3.8) is 0 Å². The molecule has 0 saturated carbocycles. The third kappa shape index (κ3) is 3.28. The monoisotopic (exact) mass is 347 g/mol. The van der Waals surface area contributed by atoms with Crippen molar-refractivity contribution >= 4 is 29.2 Å². The Kier molecular flexibility index (Phi) is 4.46. The molecule has 0 fully saturated rings. The first-order chi connectivity index (χ1) is 11.1. The SMILES string of the molecule is COc1ccccc1Cn1cc(-c2ccc(Cl)cc2Cl)nc1N. The average Bonchev–Trinajstić information content (AvgIpc) is 2.88. The smallest absolute Gasteiger partial charge is 0.201 e. The topological polar surface area (TPSA) is 53.1 Å². The minimum absolute atomic E-state index is 0.414. The van der Waals surface area contributed by atoms with Crippen LogP contribution in [0.5, 0.6) is 5.75 Å². The zero-order valence-electron chi connectivity index (χ0n) is 12.5. The van der Waals surface area contributed by atoms with Crippen molar-refractivity contribution in [1.82, 2.24) is 9.55 Å². The number of imidazole rings is 1. The van der Waals surface area contributed by atoms with E-state index in [4.69, 9.17) is 33.7 Å². The fraction of sp³-hybridized carbons (Fsp3) is 0.118. The normalized spacial score (nSPS) is 10.7. The van der Waals surface area contributed by atoms with Gasteiger partial charge in [-0.05, 0) is 24.3 Å². The van der Waals surface area contributed by atoms with Crippen molar-refractivity contribution < 1.29 is 4.74 Å². The molecule has 3 rings (SSSR count). The van der Waals surface area contributed by atoms with Gasteiger partial charge < -0.3 is 15.0 Å². The van der Waals surface area contributed by atoms with Gasteiger partial charge in [-0.1, -0.05) is 41.4 Å². The van der Waals surface area contributed by atoms with E-state index in [-0.39, 0.29) is 0 Å². The van der Waals surface area contributed by atoms with Gasteiger partial charge in [-0.2, -0.15) is 0 Å². The first kappa shape index (κ1) is 15.7. The zero-order valence-corrected chi connectivity index (χ0v) is 14.0. The molecule has 0 bridgehead atoms. The number of halogens is 2. The Balaban J connectivity index is 1.95. The lowest BCUT2D eigenvalue weighted by molar-refractivity contribution is 0.408. The number of aromatic nitrogens is 2. The molecule has 2 aromatic carbocycles. The summed E-state index contributed by atoms with van der Waals surface area (Å²) < 4.78 is 7.23. The van der Waals surface area contributed by atoms with Crippen LogP contribution in [0.3, 0.4) is 0 Å². The lowest BCUT2D eigenvalue weighted by Gasteiger charge is -2.09. The second-order valence-electron chi connectivity index (χ2n) is 5.05. The largest absolute Gasteiger partial charge is 0.496 e. The molecule has 0 aliphatic heterocycles. The first-order valence-electron chi connectivity index (χ1n) is 6.98. The maximum Gasteiger partial charge on any atom is 0.201 e. The number of nitrogens with two attached hydrogens (primary N) is 1. The molecule has 4 nitrogen and oxygen atoms in total. The van der Waals surface area contributed by atoms with Crippen LogP contribution in [0.2, 0.25) is 10.0 Å². The van der Waals surface area contributed by atoms with Gasteiger partial charge in [0.15, 0.2) is 0 Å². The van der Waals surface area contributed by atoms with Crippen LogP contribution in [0.1, 0.15) is 5.56 Å². The van der Waals surface area contributed by atoms with Crippen LogP contribution in [0.15, 0.2) is 48.7 Å². The minimum atomic E-state index is 0.414. The number of benzene rings is 2. The number of methoxy groups -OCH3 is 1. The molecule has 23 heavy (non-hydrogen) atoms. The molecule has 0 radical (unpaired) electrons. The highest BCUT2D eigenvalue weighted by molar-refractivity contribution is 6.36. The number of nitrogens with zero attached hydrogens (tertiary/aromatic N) is 2. The quantitative estimate of drug-likeness (QED) is 0.755. The number of ether oxygens (including phenoxy) is 1. The molecule has 118 valence electrons. The lowest BCUT2D eigenvalue weighted by atomic mass is 10.1. The van der Waals surface area contributed by atoms with E-state index in [0.717, 1.165) is 16.9 Å². The number of nitrogen functional groups attached to an aromatic ring is 1. The Morgan fingerprint density at radius 3 is 2.70 bits per heavy atom. The Hall–Kier alpha value is -2.17. The van der Waals surface area contributed by atoms with Gasteiger partial charge in [-0.3, -0.25) is 0 Å². The van der Waals surface area contributed by atoms with Gasteiger partial charge in [-0.15, -0.1) is 0 Å². The highest BCUT2D eigenvalue weighted by atomic mass is 35.5. The lowest BCUT2D eigenvalue weighted by Crippen LogP contribution is -2.04. The summed E-state index contributed by atoms with van der Waals surface area (Å²) in [5.74, 6) is 1.23. The fourth-order valence-electron chi connectivity index (χ4n) is 2.40. The van der Waals surface area contributed by atoms with Gasteiger partial charge in [0.25, 0.3) is 0 Å². The molecule has 0 spiro atoms. The van der Waals surface area contributed by atoms with E-state index in [2.05, 4.69) is 4.98 Å². The number of hydrogen-bond donors (Lipinski definition) is 1. The second kappa shape index (κ2) is 6.52. The van der Waals surface area contributed by atoms with Gasteiger partial charge in [0.2, 0.25) is 5.95 Å². The van der Waals surface area contributed by atoms with E-state index >= 15 is 0 Å². The van der Waals surface area contributed by atoms with Crippen LogP contribution in [0, 0.1) is 0 Å². The predicted octanol–water partition coefficient (Wildman–Crippen LogP) is 4.50. The molecule has 0 atom stereocenters. The Morgan fingerprint density at radius 1 is 1.17 bits per heavy atom. The van der Waals surface area contributed by atoms with Gasteiger partial charge in [-0.25, -0.2) is 4.98 Å². The molecular formula is C17H15Cl2N3O. The van der Waals surface area contributed by atoms with E-state index in [9.17, 15) is 0 Å². The number of para-hydroxylation sites is 1. The molecule has 0 aliphatic rings. The third-order valence-electron chi connectivity index (χ3n) is 3.55. The summed E-state index contributed by atoms with van der Waals surface area (Å²) in [7, 11) is 1.65. The summed E-state index contributed by atoms with van der Waals surface area (Å²) >= 11 is 12.2. The molecule has 0 unspecified atom stereocenters. The molecule has 0 amide bonds. The van der Waals surface area contributed by atoms with Crippen LogP contribution in [-0.4, -0.2) is 16.7 Å². The van der Waals surface area contributed by atoms with Crippen LogP contribution in [0.25, 0.3) is 11.3 Å². The summed E-state index contributed by atoms with van der Waals surface area (Å²) in [4.78, 5) is 4.40. The van der Waals surface area contributed by atoms with E-state index < -0.39 is 0 Å². The van der Waals surface area contributed by atoms with E-state index in [1.54, 1.807) is 19.2 Å². The van der Waals surface area contributed by atoms with Gasteiger partial charge in [0.05, 0.1) is 24.4 Å². The second-order valence-corrected chi connectivity index (χ2v) is 5.89. The Bertz CT molecular complexity index is 846. The first-order valence-corrected chi connectivity index (χ1v) is 7.74. The highest BCUT2D eigenvalue weighted by Crippen LogP contribution is 2.30. The van der Waals surface area contributed by atoms with Crippen LogP contribution >= 0.6 is 23.2 Å². The molecule has 0 saturated heterocycles. The van der Waals surface area contributed by atoms with Crippen molar-refractivity contribution in [1.29, 1.82) is 0 Å². The van der Waals surface area contributed by atoms with E-state index in [0.29, 0.717) is 28.2 Å². The summed E-state index contributed by atoms with van der Waals surface area (Å²) in [6, 6.07) is 13.1. The number of hydrogen-bond acceptors (Lipinski definition) is 3. The van der Waals surface area contributed by atoms with Gasteiger partial charge in [0.1, 0.15) is 5.75 Å². The zero-order chi connectivity index (χ0) is 16.4. The summed E-state index contributed by atoms with van der Waals surface area (Å²) in [6.07, 6.45) is 1.87. The van der Waals surface area contributed by atoms with Gasteiger partial charge >= 0.3 is 0 Å². The number of rotatable bonds is 4. The van der Waals surface area contributed by atoms with E-state index in [1.807, 2.05) is 41.1 Å². The fourth-order valence-corrected chi connectivity index (χ4v) is 2.91. The maximum absolute atomic E-state index is 6.24. The third-order valence-corrected chi connectivity index (χ3v) is 4.10. The molecule has 6 heteroatoms. The van der Waals surface area contributed by atoms with Crippen LogP contribution < -0.4 is 10.5 Å². The minimum Gasteiger partial charge on any atom is -0.496 e. The Morgan fingerprint density at radius 2 is 1.96 bits per heavy atom.